The van der Waals surface area contributed by atoms with E-state index >= 15 is 0 Å². The van der Waals surface area contributed by atoms with Crippen LogP contribution < -0.4 is 4.74 Å². The average molecular weight is 505 g/mol. The van der Waals surface area contributed by atoms with Gasteiger partial charge >= 0.3 is 0 Å². The number of H-pyrrole nitrogens is 2. The molecule has 2 heterocycles. The molecule has 0 aliphatic heterocycles. The number of aromatic nitrogens is 2. The summed E-state index contributed by atoms with van der Waals surface area (Å²) in [6, 6.07) is 47.2. The Morgan fingerprint density at radius 3 is 2.21 bits per heavy atom. The van der Waals surface area contributed by atoms with Crippen LogP contribution in [-0.4, -0.2) is 17.1 Å². The molecule has 5 aromatic carbocycles. The molecule has 0 radical (unpaired) electrons. The van der Waals surface area contributed by atoms with Crippen molar-refractivity contribution in [1.29, 1.82) is 0 Å². The molecule has 0 aliphatic rings. The standard InChI is InChI=1S/C36H28N2O/c1-39-32-19-10-8-17-30(32)36(33-20-11-23-37-33,28-22-21-25-12-5-6-15-27(25)24-28)35-34(26-13-3-2-4-14-26)29-16-7-9-18-31(29)38-35/h2-24,37-38H,1H3/t36-/m0/s1. The van der Waals surface area contributed by atoms with Crippen LogP contribution in [0.1, 0.15) is 22.5 Å². The van der Waals surface area contributed by atoms with Gasteiger partial charge in [0.1, 0.15) is 11.2 Å². The molecule has 2 N–H and O–H groups in total. The summed E-state index contributed by atoms with van der Waals surface area (Å²) in [5, 5.41) is 3.59. The van der Waals surface area contributed by atoms with E-state index < -0.39 is 5.41 Å². The number of rotatable bonds is 6. The molecule has 39 heavy (non-hydrogen) atoms. The van der Waals surface area contributed by atoms with Gasteiger partial charge < -0.3 is 14.7 Å². The van der Waals surface area contributed by atoms with Gasteiger partial charge in [0.25, 0.3) is 0 Å². The van der Waals surface area contributed by atoms with Crippen molar-refractivity contribution in [2.45, 2.75) is 5.41 Å². The van der Waals surface area contributed by atoms with Gasteiger partial charge in [0.05, 0.1) is 7.11 Å². The van der Waals surface area contributed by atoms with Gasteiger partial charge in [-0.3, -0.25) is 0 Å². The minimum absolute atomic E-state index is 0.732. The third kappa shape index (κ3) is 3.58. The number of nitrogens with one attached hydrogen (secondary N) is 2. The van der Waals surface area contributed by atoms with Crippen molar-refractivity contribution >= 4 is 21.7 Å². The lowest BCUT2D eigenvalue weighted by Gasteiger charge is -2.36. The summed E-state index contributed by atoms with van der Waals surface area (Å²) in [6.45, 7) is 0. The lowest BCUT2D eigenvalue weighted by atomic mass is 9.67. The van der Waals surface area contributed by atoms with Gasteiger partial charge in [0, 0.05) is 39.6 Å². The van der Waals surface area contributed by atoms with Crippen LogP contribution in [0.15, 0.2) is 140 Å². The SMILES string of the molecule is COc1ccccc1[C@@](c1ccc2ccccc2c1)(c1ccc[nH]1)c1[nH]c2ccccc2c1-c1ccccc1. The molecule has 0 saturated carbocycles. The van der Waals surface area contributed by atoms with Gasteiger partial charge in [-0.15, -0.1) is 0 Å². The fraction of sp³-hybridized carbons (Fsp3) is 0.0556. The molecule has 1 atom stereocenters. The Hall–Kier alpha value is -5.02. The highest BCUT2D eigenvalue weighted by Crippen LogP contribution is 2.52. The van der Waals surface area contributed by atoms with E-state index in [0.717, 1.165) is 39.3 Å². The Morgan fingerprint density at radius 2 is 1.38 bits per heavy atom. The Bertz CT molecular complexity index is 1900. The second-order valence-corrected chi connectivity index (χ2v) is 9.88. The van der Waals surface area contributed by atoms with Gasteiger partial charge in [-0.2, -0.15) is 0 Å². The number of hydrogen-bond acceptors (Lipinski definition) is 1. The minimum atomic E-state index is -0.732. The lowest BCUT2D eigenvalue weighted by Crippen LogP contribution is -2.33. The Labute approximate surface area is 227 Å². The van der Waals surface area contributed by atoms with Gasteiger partial charge in [-0.25, -0.2) is 0 Å². The van der Waals surface area contributed by atoms with Crippen LogP contribution in [0.2, 0.25) is 0 Å². The predicted octanol–water partition coefficient (Wildman–Crippen LogP) is 8.71. The molecule has 3 nitrogen and oxygen atoms in total. The van der Waals surface area contributed by atoms with Crippen LogP contribution in [0.4, 0.5) is 0 Å². The van der Waals surface area contributed by atoms with Crippen LogP contribution in [0, 0.1) is 0 Å². The maximum absolute atomic E-state index is 6.07. The summed E-state index contributed by atoms with van der Waals surface area (Å²) in [6.07, 6.45) is 2.01. The van der Waals surface area contributed by atoms with Crippen molar-refractivity contribution in [3.05, 3.63) is 162 Å². The molecule has 0 saturated heterocycles. The number of hydrogen-bond donors (Lipinski definition) is 2. The zero-order valence-electron chi connectivity index (χ0n) is 21.7. The van der Waals surface area contributed by atoms with E-state index in [1.807, 2.05) is 12.3 Å². The molecule has 3 heteroatoms. The van der Waals surface area contributed by atoms with Crippen molar-refractivity contribution < 1.29 is 4.74 Å². The quantitative estimate of drug-likeness (QED) is 0.234. The summed E-state index contributed by atoms with van der Waals surface area (Å²) in [7, 11) is 1.75. The van der Waals surface area contributed by atoms with E-state index in [1.165, 1.54) is 21.7 Å². The molecule has 2 aromatic heterocycles. The smallest absolute Gasteiger partial charge is 0.123 e. The molecular weight excluding hydrogens is 476 g/mol. The molecule has 7 rings (SSSR count). The van der Waals surface area contributed by atoms with Crippen molar-refractivity contribution in [1.82, 2.24) is 9.97 Å². The largest absolute Gasteiger partial charge is 0.496 e. The van der Waals surface area contributed by atoms with Gasteiger partial charge in [-0.05, 0) is 52.2 Å². The molecule has 7 aromatic rings. The van der Waals surface area contributed by atoms with Gasteiger partial charge in [-0.1, -0.05) is 103 Å². The van der Waals surface area contributed by atoms with Crippen LogP contribution in [0.5, 0.6) is 5.75 Å². The van der Waals surface area contributed by atoms with E-state index in [1.54, 1.807) is 7.11 Å². The lowest BCUT2D eigenvalue weighted by molar-refractivity contribution is 0.404. The third-order valence-electron chi connectivity index (χ3n) is 7.84. The molecule has 0 bridgehead atoms. The molecule has 0 aliphatic carbocycles. The molecule has 0 unspecified atom stereocenters. The fourth-order valence-electron chi connectivity index (χ4n) is 6.14. The third-order valence-corrected chi connectivity index (χ3v) is 7.84. The van der Waals surface area contributed by atoms with Crippen molar-refractivity contribution in [2.24, 2.45) is 0 Å². The highest BCUT2D eigenvalue weighted by Gasteiger charge is 2.45. The number of benzene rings is 5. The highest BCUT2D eigenvalue weighted by molar-refractivity contribution is 5.99. The number of methoxy groups -OCH3 is 1. The first-order chi connectivity index (χ1) is 19.3. The molecule has 188 valence electrons. The monoisotopic (exact) mass is 504 g/mol. The van der Waals surface area contributed by atoms with Gasteiger partial charge in [0.2, 0.25) is 0 Å². The van der Waals surface area contributed by atoms with E-state index in [0.29, 0.717) is 0 Å². The minimum Gasteiger partial charge on any atom is -0.496 e. The van der Waals surface area contributed by atoms with E-state index in [-0.39, 0.29) is 0 Å². The second-order valence-electron chi connectivity index (χ2n) is 9.88. The zero-order chi connectivity index (χ0) is 26.2. The van der Waals surface area contributed by atoms with E-state index in [4.69, 9.17) is 4.74 Å². The number of ether oxygens (including phenoxy) is 1. The summed E-state index contributed by atoms with van der Waals surface area (Å²) in [5.41, 5.74) is 7.08. The molecular formula is C36H28N2O. The number of aromatic amines is 2. The maximum atomic E-state index is 6.07. The summed E-state index contributed by atoms with van der Waals surface area (Å²) in [5.74, 6) is 0.831. The van der Waals surface area contributed by atoms with Crippen molar-refractivity contribution in [3.8, 4) is 16.9 Å². The van der Waals surface area contributed by atoms with Crippen molar-refractivity contribution in [2.75, 3.05) is 7.11 Å². The van der Waals surface area contributed by atoms with E-state index in [2.05, 4.69) is 137 Å². The number of para-hydroxylation sites is 2. The average Bonchev–Trinajstić information content (AvgIpc) is 3.68. The van der Waals surface area contributed by atoms with Gasteiger partial charge in [0.15, 0.2) is 0 Å². The Balaban J connectivity index is 1.71. The van der Waals surface area contributed by atoms with Crippen LogP contribution >= 0.6 is 0 Å². The molecule has 0 spiro atoms. The zero-order valence-corrected chi connectivity index (χ0v) is 21.7. The second kappa shape index (κ2) is 9.38. The topological polar surface area (TPSA) is 40.8 Å². The van der Waals surface area contributed by atoms with Crippen LogP contribution in [0.25, 0.3) is 32.8 Å². The van der Waals surface area contributed by atoms with Crippen molar-refractivity contribution in [3.63, 3.8) is 0 Å². The van der Waals surface area contributed by atoms with Crippen LogP contribution in [0.3, 0.4) is 0 Å². The predicted molar refractivity (Wildman–Crippen MR) is 160 cm³/mol. The number of fused-ring (bicyclic) bond motifs is 2. The summed E-state index contributed by atoms with van der Waals surface area (Å²) in [4.78, 5) is 7.53. The fourth-order valence-corrected chi connectivity index (χ4v) is 6.14. The Morgan fingerprint density at radius 1 is 0.641 bits per heavy atom. The maximum Gasteiger partial charge on any atom is 0.123 e. The Kier molecular flexibility index (Phi) is 5.56. The van der Waals surface area contributed by atoms with Crippen LogP contribution in [-0.2, 0) is 5.41 Å². The highest BCUT2D eigenvalue weighted by atomic mass is 16.5. The first-order valence-electron chi connectivity index (χ1n) is 13.2. The first-order valence-corrected chi connectivity index (χ1v) is 13.2. The normalized spacial score (nSPS) is 12.9. The summed E-state index contributed by atoms with van der Waals surface area (Å²) >= 11 is 0. The first kappa shape index (κ1) is 23.1. The molecule has 0 amide bonds. The summed E-state index contributed by atoms with van der Waals surface area (Å²) < 4.78 is 6.07. The van der Waals surface area contributed by atoms with E-state index in [9.17, 15) is 0 Å². The molecule has 0 fully saturated rings.